The van der Waals surface area contributed by atoms with Gasteiger partial charge in [0.15, 0.2) is 5.69 Å². The molecule has 0 fully saturated rings. The Morgan fingerprint density at radius 2 is 1.94 bits per heavy atom. The maximum Gasteiger partial charge on any atom is 0.298 e. The lowest BCUT2D eigenvalue weighted by atomic mass is 10.0. The van der Waals surface area contributed by atoms with Crippen LogP contribution in [-0.2, 0) is 13.1 Å². The Labute approximate surface area is 182 Å². The van der Waals surface area contributed by atoms with Crippen molar-refractivity contribution in [3.05, 3.63) is 51.7 Å². The Kier molecular flexibility index (Phi) is 9.03. The van der Waals surface area contributed by atoms with E-state index in [0.717, 1.165) is 25.8 Å². The number of aromatic hydroxyl groups is 1. The molecule has 170 valence electrons. The third kappa shape index (κ3) is 6.06. The number of fused-ring (bicyclic) bond motifs is 1. The number of benzene rings is 1. The lowest BCUT2D eigenvalue weighted by Crippen LogP contribution is -2.31. The minimum atomic E-state index is -0.647. The summed E-state index contributed by atoms with van der Waals surface area (Å²) in [6.45, 7) is 10.3. The molecular formula is C23H33FN4O3. The Morgan fingerprint density at radius 3 is 2.58 bits per heavy atom. The first kappa shape index (κ1) is 24.4. The van der Waals surface area contributed by atoms with Gasteiger partial charge in [-0.05, 0) is 30.0 Å². The minimum Gasteiger partial charge on any atom is -0.501 e. The first-order chi connectivity index (χ1) is 14.9. The lowest BCUT2D eigenvalue weighted by Gasteiger charge is -2.22. The van der Waals surface area contributed by atoms with E-state index in [9.17, 15) is 19.1 Å². The molecular weight excluding hydrogens is 399 g/mol. The number of unbranched alkanes of at least 4 members (excludes halogenated alkanes) is 1. The Hall–Kier alpha value is -2.90. The highest BCUT2D eigenvalue weighted by Gasteiger charge is 2.28. The standard InChI is InChI=1S/C21H27FN4O3.C2H6/c1-3-4-5-14(2)13-25-10-11-26-20(29)18(27)17(24-21(25)26)19(28)23-12-15-6-8-16(22)9-7-15;1-2/h6-9,14,27H,3-5,10-13H2,1-2H3,(H,23,28);1-2H3. The average Bonchev–Trinajstić information content (AvgIpc) is 3.18. The minimum absolute atomic E-state index is 0.135. The molecule has 2 N–H and O–H groups in total. The molecule has 31 heavy (non-hydrogen) atoms. The Morgan fingerprint density at radius 1 is 1.26 bits per heavy atom. The van der Waals surface area contributed by atoms with Gasteiger partial charge in [-0.3, -0.25) is 14.2 Å². The molecule has 1 aliphatic rings. The monoisotopic (exact) mass is 432 g/mol. The van der Waals surface area contributed by atoms with E-state index in [1.54, 1.807) is 12.1 Å². The van der Waals surface area contributed by atoms with Crippen LogP contribution in [0.25, 0.3) is 0 Å². The molecule has 0 bridgehead atoms. The first-order valence-corrected chi connectivity index (χ1v) is 11.0. The van der Waals surface area contributed by atoms with Crippen LogP contribution >= 0.6 is 0 Å². The summed E-state index contributed by atoms with van der Waals surface area (Å²) >= 11 is 0. The van der Waals surface area contributed by atoms with Gasteiger partial charge in [0.05, 0.1) is 0 Å². The van der Waals surface area contributed by atoms with Crippen LogP contribution in [0.4, 0.5) is 10.3 Å². The fourth-order valence-electron chi connectivity index (χ4n) is 3.52. The van der Waals surface area contributed by atoms with Gasteiger partial charge in [-0.2, -0.15) is 0 Å². The Bertz CT molecular complexity index is 928. The lowest BCUT2D eigenvalue weighted by molar-refractivity contribution is 0.0942. The van der Waals surface area contributed by atoms with E-state index < -0.39 is 17.2 Å². The molecule has 1 atom stereocenters. The fraction of sp³-hybridized carbons (Fsp3) is 0.522. The average molecular weight is 433 g/mol. The number of hydrogen-bond acceptors (Lipinski definition) is 5. The summed E-state index contributed by atoms with van der Waals surface area (Å²) < 4.78 is 14.4. The van der Waals surface area contributed by atoms with E-state index in [-0.39, 0.29) is 18.1 Å². The summed E-state index contributed by atoms with van der Waals surface area (Å²) in [4.78, 5) is 31.4. The van der Waals surface area contributed by atoms with Crippen molar-refractivity contribution in [1.29, 1.82) is 0 Å². The summed E-state index contributed by atoms with van der Waals surface area (Å²) in [6.07, 6.45) is 3.35. The predicted octanol–water partition coefficient (Wildman–Crippen LogP) is 3.69. The molecule has 0 aliphatic carbocycles. The van der Waals surface area contributed by atoms with Crippen LogP contribution in [0.5, 0.6) is 5.75 Å². The van der Waals surface area contributed by atoms with Crippen molar-refractivity contribution in [2.45, 2.75) is 60.0 Å². The van der Waals surface area contributed by atoms with Crippen LogP contribution in [0.2, 0.25) is 0 Å². The molecule has 1 amide bonds. The number of hydrogen-bond donors (Lipinski definition) is 2. The van der Waals surface area contributed by atoms with Gasteiger partial charge in [-0.15, -0.1) is 0 Å². The largest absolute Gasteiger partial charge is 0.501 e. The van der Waals surface area contributed by atoms with Crippen molar-refractivity contribution in [3.63, 3.8) is 0 Å². The number of halogens is 1. The van der Waals surface area contributed by atoms with Crippen LogP contribution in [0.1, 0.15) is 63.0 Å². The molecule has 0 radical (unpaired) electrons. The number of aromatic nitrogens is 2. The van der Waals surface area contributed by atoms with Crippen molar-refractivity contribution in [1.82, 2.24) is 14.9 Å². The number of anilines is 1. The summed E-state index contributed by atoms with van der Waals surface area (Å²) in [5.41, 5.74) is -0.189. The van der Waals surface area contributed by atoms with E-state index in [2.05, 4.69) is 24.1 Å². The van der Waals surface area contributed by atoms with Gasteiger partial charge in [-0.25, -0.2) is 9.37 Å². The van der Waals surface area contributed by atoms with Crippen LogP contribution in [-0.4, -0.2) is 33.7 Å². The first-order valence-electron chi connectivity index (χ1n) is 11.0. The molecule has 3 rings (SSSR count). The van der Waals surface area contributed by atoms with Crippen molar-refractivity contribution >= 4 is 11.9 Å². The number of nitrogens with one attached hydrogen (secondary N) is 1. The second-order valence-corrected chi connectivity index (χ2v) is 7.57. The van der Waals surface area contributed by atoms with Gasteiger partial charge < -0.3 is 15.3 Å². The number of rotatable bonds is 8. The van der Waals surface area contributed by atoms with E-state index >= 15 is 0 Å². The summed E-state index contributed by atoms with van der Waals surface area (Å²) in [5.74, 6) is -0.797. The topological polar surface area (TPSA) is 87.5 Å². The van der Waals surface area contributed by atoms with Crippen molar-refractivity contribution in [2.75, 3.05) is 18.0 Å². The second-order valence-electron chi connectivity index (χ2n) is 7.57. The molecule has 0 spiro atoms. The highest BCUT2D eigenvalue weighted by molar-refractivity contribution is 5.95. The van der Waals surface area contributed by atoms with Gasteiger partial charge >= 0.3 is 0 Å². The van der Waals surface area contributed by atoms with Gasteiger partial charge in [0.2, 0.25) is 11.7 Å². The zero-order valence-electron chi connectivity index (χ0n) is 18.8. The van der Waals surface area contributed by atoms with E-state index in [1.807, 2.05) is 18.7 Å². The zero-order chi connectivity index (χ0) is 23.0. The van der Waals surface area contributed by atoms with Crippen LogP contribution in [0, 0.1) is 11.7 Å². The second kappa shape index (κ2) is 11.5. The quantitative estimate of drug-likeness (QED) is 0.664. The fourth-order valence-corrected chi connectivity index (χ4v) is 3.52. The number of carbonyl (C=O) groups is 1. The molecule has 7 nitrogen and oxygen atoms in total. The molecule has 2 heterocycles. The van der Waals surface area contributed by atoms with Crippen molar-refractivity contribution in [2.24, 2.45) is 5.92 Å². The summed E-state index contributed by atoms with van der Waals surface area (Å²) in [7, 11) is 0. The van der Waals surface area contributed by atoms with Gasteiger partial charge in [0, 0.05) is 26.2 Å². The van der Waals surface area contributed by atoms with Gasteiger partial charge in [0.1, 0.15) is 5.82 Å². The maximum atomic E-state index is 13.0. The molecule has 8 heteroatoms. The van der Waals surface area contributed by atoms with E-state index in [4.69, 9.17) is 0 Å². The van der Waals surface area contributed by atoms with Gasteiger partial charge in [0.25, 0.3) is 11.5 Å². The molecule has 0 saturated heterocycles. The zero-order valence-corrected chi connectivity index (χ0v) is 18.8. The van der Waals surface area contributed by atoms with Crippen LogP contribution in [0.15, 0.2) is 29.1 Å². The normalized spacial score (nSPS) is 13.3. The van der Waals surface area contributed by atoms with Crippen molar-refractivity contribution < 1.29 is 14.3 Å². The third-order valence-corrected chi connectivity index (χ3v) is 5.17. The predicted molar refractivity (Wildman–Crippen MR) is 120 cm³/mol. The van der Waals surface area contributed by atoms with Crippen LogP contribution < -0.4 is 15.8 Å². The Balaban J connectivity index is 0.00000166. The maximum absolute atomic E-state index is 13.0. The number of carbonyl (C=O) groups excluding carboxylic acids is 1. The highest BCUT2D eigenvalue weighted by atomic mass is 19.1. The SMILES string of the molecule is CC.CCCCC(C)CN1CCn2c1nc(C(=O)NCc1ccc(F)cc1)c(O)c2=O. The molecule has 0 saturated carbocycles. The number of nitrogens with zero attached hydrogens (tertiary/aromatic N) is 3. The van der Waals surface area contributed by atoms with Crippen molar-refractivity contribution in [3.8, 4) is 5.75 Å². The van der Waals surface area contributed by atoms with E-state index in [0.29, 0.717) is 30.5 Å². The smallest absolute Gasteiger partial charge is 0.298 e. The van der Waals surface area contributed by atoms with Crippen LogP contribution in [0.3, 0.4) is 0 Å². The van der Waals surface area contributed by atoms with E-state index in [1.165, 1.54) is 16.7 Å². The highest BCUT2D eigenvalue weighted by Crippen LogP contribution is 2.23. The molecule has 1 aliphatic heterocycles. The molecule has 1 unspecified atom stereocenters. The summed E-state index contributed by atoms with van der Waals surface area (Å²) in [6, 6.07) is 5.72. The molecule has 2 aromatic rings. The number of amides is 1. The molecule has 1 aromatic carbocycles. The summed E-state index contributed by atoms with van der Waals surface area (Å²) in [5, 5.41) is 12.9. The molecule has 1 aromatic heterocycles. The third-order valence-electron chi connectivity index (χ3n) is 5.17. The van der Waals surface area contributed by atoms with Gasteiger partial charge in [-0.1, -0.05) is 52.7 Å².